The highest BCUT2D eigenvalue weighted by molar-refractivity contribution is 14.1. The molecule has 0 spiro atoms. The van der Waals surface area contributed by atoms with E-state index in [2.05, 4.69) is 101 Å². The van der Waals surface area contributed by atoms with E-state index in [9.17, 15) is 0 Å². The summed E-state index contributed by atoms with van der Waals surface area (Å²) in [5, 5.41) is 0. The largest absolute Gasteiger partial charge is 0.0561 e. The second kappa shape index (κ2) is 4.51. The molecule has 0 unspecified atom stereocenters. The van der Waals surface area contributed by atoms with Crippen LogP contribution in [0.3, 0.4) is 0 Å². The lowest BCUT2D eigenvalue weighted by Gasteiger charge is -2.20. The molecule has 0 aliphatic heterocycles. The number of rotatable bonds is 0. The van der Waals surface area contributed by atoms with Crippen LogP contribution in [0, 0.1) is 10.7 Å². The van der Waals surface area contributed by atoms with Gasteiger partial charge < -0.3 is 0 Å². The number of benzene rings is 1. The second-order valence-corrected chi connectivity index (χ2v) is 7.41. The molecule has 0 atom stereocenters. The normalized spacial score (nSPS) is 11.8. The van der Waals surface area contributed by atoms with Crippen LogP contribution in [0.25, 0.3) is 0 Å². The predicted octanol–water partition coefficient (Wildman–Crippen LogP) is 4.80. The third kappa shape index (κ3) is 3.19. The first-order valence-electron chi connectivity index (χ1n) is 3.97. The summed E-state index contributed by atoms with van der Waals surface area (Å²) < 4.78 is 4.08. The van der Waals surface area contributed by atoms with Crippen molar-refractivity contribution in [3.63, 3.8) is 0 Å². The molecule has 0 radical (unpaired) electrons. The lowest BCUT2D eigenvalue weighted by molar-refractivity contribution is 0.589. The first-order valence-corrected chi connectivity index (χ1v) is 7.21. The molecule has 0 heterocycles. The first kappa shape index (κ1) is 12.5. The highest BCUT2D eigenvalue weighted by Crippen LogP contribution is 2.29. The number of hydrogen-bond acceptors (Lipinski definition) is 0. The molecule has 3 heteroatoms. The van der Waals surface area contributed by atoms with Gasteiger partial charge in [0, 0.05) is 10.7 Å². The van der Waals surface area contributed by atoms with Crippen LogP contribution in [0.5, 0.6) is 0 Å². The lowest BCUT2D eigenvalue weighted by Crippen LogP contribution is -2.12. The zero-order valence-corrected chi connectivity index (χ0v) is 14.3. The average molecular weight is 512 g/mol. The third-order valence-corrected chi connectivity index (χ3v) is 6.78. The molecule has 1 rings (SSSR count). The maximum atomic E-state index is 2.40. The molecule has 0 fully saturated rings. The van der Waals surface area contributed by atoms with Crippen molar-refractivity contribution in [3.05, 3.63) is 28.4 Å². The van der Waals surface area contributed by atoms with Crippen molar-refractivity contribution in [2.75, 3.05) is 0 Å². The lowest BCUT2D eigenvalue weighted by atomic mass is 9.87. The van der Waals surface area contributed by atoms with Crippen molar-refractivity contribution < 1.29 is 0 Å². The Kier molecular flexibility index (Phi) is 4.33. The van der Waals surface area contributed by atoms with Crippen molar-refractivity contribution in [1.82, 2.24) is 0 Å². The van der Waals surface area contributed by atoms with Gasteiger partial charge in [-0.1, -0.05) is 20.8 Å². The maximum absolute atomic E-state index is 2.40. The molecule has 0 bridgehead atoms. The molecule has 72 valence electrons. The summed E-state index contributed by atoms with van der Waals surface area (Å²) in [6.07, 6.45) is 0. The summed E-state index contributed by atoms with van der Waals surface area (Å²) in [6, 6.07) is 4.56. The van der Waals surface area contributed by atoms with Crippen molar-refractivity contribution in [1.29, 1.82) is 0 Å². The van der Waals surface area contributed by atoms with Crippen LogP contribution < -0.4 is 0 Å². The minimum atomic E-state index is 0.254. The van der Waals surface area contributed by atoms with Gasteiger partial charge in [-0.3, -0.25) is 0 Å². The monoisotopic (exact) mass is 512 g/mol. The van der Waals surface area contributed by atoms with Gasteiger partial charge in [-0.05, 0) is 90.9 Å². The van der Waals surface area contributed by atoms with Crippen LogP contribution in [-0.2, 0) is 5.41 Å². The van der Waals surface area contributed by atoms with E-state index in [-0.39, 0.29) is 5.41 Å². The van der Waals surface area contributed by atoms with E-state index in [1.807, 2.05) is 0 Å². The Morgan fingerprint density at radius 1 is 0.923 bits per heavy atom. The molecular weight excluding hydrogens is 501 g/mol. The molecule has 1 aromatic carbocycles. The highest BCUT2D eigenvalue weighted by atomic mass is 127. The van der Waals surface area contributed by atoms with Crippen molar-refractivity contribution in [3.8, 4) is 0 Å². The topological polar surface area (TPSA) is 0 Å². The SMILES string of the molecule is CC(C)(C)c1cc(I)c(I)c(I)c1. The van der Waals surface area contributed by atoms with Gasteiger partial charge in [0.1, 0.15) is 0 Å². The van der Waals surface area contributed by atoms with Crippen molar-refractivity contribution in [2.24, 2.45) is 0 Å². The summed E-state index contributed by atoms with van der Waals surface area (Å²) in [4.78, 5) is 0. The zero-order chi connectivity index (χ0) is 10.2. The molecule has 0 nitrogen and oxygen atoms in total. The van der Waals surface area contributed by atoms with E-state index >= 15 is 0 Å². The molecule has 0 saturated heterocycles. The molecule has 0 N–H and O–H groups in total. The van der Waals surface area contributed by atoms with Gasteiger partial charge in [0.15, 0.2) is 0 Å². The zero-order valence-electron chi connectivity index (χ0n) is 7.79. The van der Waals surface area contributed by atoms with Crippen LogP contribution in [0.4, 0.5) is 0 Å². The van der Waals surface area contributed by atoms with Crippen LogP contribution in [0.1, 0.15) is 26.3 Å². The van der Waals surface area contributed by atoms with Crippen LogP contribution in [0.2, 0.25) is 0 Å². The van der Waals surface area contributed by atoms with Crippen molar-refractivity contribution >= 4 is 67.8 Å². The Morgan fingerprint density at radius 3 is 1.62 bits per heavy atom. The van der Waals surface area contributed by atoms with Crippen molar-refractivity contribution in [2.45, 2.75) is 26.2 Å². The predicted molar refractivity (Wildman–Crippen MR) is 83.3 cm³/mol. The summed E-state index contributed by atoms with van der Waals surface area (Å²) in [7, 11) is 0. The Bertz CT molecular complexity index is 300. The Morgan fingerprint density at radius 2 is 1.31 bits per heavy atom. The van der Waals surface area contributed by atoms with E-state index in [0.717, 1.165) is 0 Å². The summed E-state index contributed by atoms with van der Waals surface area (Å²) in [6.45, 7) is 6.75. The van der Waals surface area contributed by atoms with Gasteiger partial charge >= 0.3 is 0 Å². The molecule has 0 amide bonds. The van der Waals surface area contributed by atoms with Gasteiger partial charge in [-0.2, -0.15) is 0 Å². The first-order chi connectivity index (χ1) is 5.82. The molecular formula is C10H11I3. The molecule has 0 aliphatic carbocycles. The fourth-order valence-electron chi connectivity index (χ4n) is 0.989. The molecule has 0 aromatic heterocycles. The third-order valence-electron chi connectivity index (χ3n) is 1.85. The van der Waals surface area contributed by atoms with Gasteiger partial charge in [0.05, 0.1) is 0 Å². The Hall–Kier alpha value is 1.41. The van der Waals surface area contributed by atoms with Gasteiger partial charge in [0.2, 0.25) is 0 Å². The van der Waals surface area contributed by atoms with E-state index in [1.54, 1.807) is 0 Å². The van der Waals surface area contributed by atoms with E-state index in [0.29, 0.717) is 0 Å². The standard InChI is InChI=1S/C10H11I3/c1-10(2,3)6-4-7(11)9(13)8(12)5-6/h4-5H,1-3H3. The average Bonchev–Trinajstić information content (AvgIpc) is 1.97. The molecule has 0 aliphatic rings. The minimum absolute atomic E-state index is 0.254. The molecule has 0 saturated carbocycles. The quantitative estimate of drug-likeness (QED) is 0.347. The smallest absolute Gasteiger partial charge is 0.0397 e. The Labute approximate surface area is 121 Å². The van der Waals surface area contributed by atoms with Crippen LogP contribution in [0.15, 0.2) is 12.1 Å². The van der Waals surface area contributed by atoms with Crippen LogP contribution >= 0.6 is 67.8 Å². The van der Waals surface area contributed by atoms with E-state index < -0.39 is 0 Å². The summed E-state index contributed by atoms with van der Waals surface area (Å²) in [5.41, 5.74) is 1.67. The summed E-state index contributed by atoms with van der Waals surface area (Å²) in [5.74, 6) is 0. The van der Waals surface area contributed by atoms with E-state index in [4.69, 9.17) is 0 Å². The fourth-order valence-corrected chi connectivity index (χ4v) is 3.07. The molecule has 1 aromatic rings. The maximum Gasteiger partial charge on any atom is 0.0397 e. The summed E-state index contributed by atoms with van der Waals surface area (Å²) >= 11 is 7.21. The second-order valence-electron chi connectivity index (χ2n) is 4.00. The van der Waals surface area contributed by atoms with Gasteiger partial charge in [-0.15, -0.1) is 0 Å². The molecule has 13 heavy (non-hydrogen) atoms. The Balaban J connectivity index is 3.29. The number of hydrogen-bond donors (Lipinski definition) is 0. The van der Waals surface area contributed by atoms with E-state index in [1.165, 1.54) is 16.3 Å². The van der Waals surface area contributed by atoms with Gasteiger partial charge in [0.25, 0.3) is 0 Å². The van der Waals surface area contributed by atoms with Gasteiger partial charge in [-0.25, -0.2) is 0 Å². The van der Waals surface area contributed by atoms with Crippen LogP contribution in [-0.4, -0.2) is 0 Å². The minimum Gasteiger partial charge on any atom is -0.0561 e. The fraction of sp³-hybridized carbons (Fsp3) is 0.400. The highest BCUT2D eigenvalue weighted by Gasteiger charge is 2.16. The number of halogens is 3.